The average Bonchev–Trinajstić information content (AvgIpc) is 2.86. The van der Waals surface area contributed by atoms with Crippen molar-refractivity contribution in [1.82, 2.24) is 9.97 Å². The first-order valence-electron chi connectivity index (χ1n) is 7.39. The molecule has 5 nitrogen and oxygen atoms in total. The number of fused-ring (bicyclic) bond motifs is 1. The molecule has 0 aliphatic rings. The van der Waals surface area contributed by atoms with Gasteiger partial charge in [0, 0.05) is 4.88 Å². The van der Waals surface area contributed by atoms with Gasteiger partial charge < -0.3 is 9.72 Å². The second-order valence-electron chi connectivity index (χ2n) is 5.02. The molecule has 0 saturated carbocycles. The van der Waals surface area contributed by atoms with Crippen LogP contribution in [0.15, 0.2) is 16.0 Å². The molecule has 0 unspecified atom stereocenters. The summed E-state index contributed by atoms with van der Waals surface area (Å²) < 4.78 is 5.16. The van der Waals surface area contributed by atoms with Crippen molar-refractivity contribution in [3.8, 4) is 0 Å². The number of esters is 1. The van der Waals surface area contributed by atoms with Crippen LogP contribution >= 0.6 is 23.1 Å². The number of nitrogens with one attached hydrogen (secondary N) is 1. The number of carbonyl (C=O) groups is 1. The van der Waals surface area contributed by atoms with Gasteiger partial charge in [0.1, 0.15) is 4.83 Å². The Labute approximate surface area is 137 Å². The van der Waals surface area contributed by atoms with Gasteiger partial charge in [0.05, 0.1) is 17.7 Å². The molecular weight excluding hydrogens is 320 g/mol. The molecule has 0 saturated heterocycles. The van der Waals surface area contributed by atoms with Crippen molar-refractivity contribution in [1.29, 1.82) is 0 Å². The number of hydrogen-bond donors (Lipinski definition) is 1. The zero-order valence-electron chi connectivity index (χ0n) is 12.8. The number of aromatic nitrogens is 2. The summed E-state index contributed by atoms with van der Waals surface area (Å²) in [5.74, 6) is -0.112. The number of unbranched alkanes of at least 4 members (excludes halogenated alkanes) is 3. The lowest BCUT2D eigenvalue weighted by atomic mass is 10.2. The van der Waals surface area contributed by atoms with Crippen molar-refractivity contribution >= 4 is 39.3 Å². The van der Waals surface area contributed by atoms with Crippen molar-refractivity contribution in [3.63, 3.8) is 0 Å². The lowest BCUT2D eigenvalue weighted by Crippen LogP contribution is -2.11. The summed E-state index contributed by atoms with van der Waals surface area (Å²) in [5, 5.41) is 1.06. The van der Waals surface area contributed by atoms with Gasteiger partial charge in [-0.3, -0.25) is 9.59 Å². The van der Waals surface area contributed by atoms with E-state index in [1.165, 1.54) is 23.1 Å². The molecule has 0 aliphatic carbocycles. The van der Waals surface area contributed by atoms with Crippen LogP contribution in [0.4, 0.5) is 0 Å². The first-order valence-corrected chi connectivity index (χ1v) is 9.19. The predicted molar refractivity (Wildman–Crippen MR) is 90.8 cm³/mol. The van der Waals surface area contributed by atoms with Gasteiger partial charge in [0.25, 0.3) is 5.56 Å². The highest BCUT2D eigenvalue weighted by Gasteiger charge is 2.10. The molecule has 0 bridgehead atoms. The highest BCUT2D eigenvalue weighted by molar-refractivity contribution is 7.99. The van der Waals surface area contributed by atoms with Gasteiger partial charge in [0.15, 0.2) is 5.16 Å². The molecule has 7 heteroatoms. The number of ether oxygens (including phenoxy) is 1. The van der Waals surface area contributed by atoms with Gasteiger partial charge in [-0.1, -0.05) is 37.9 Å². The van der Waals surface area contributed by atoms with Crippen molar-refractivity contribution in [2.75, 3.05) is 12.4 Å². The molecule has 0 aliphatic heterocycles. The number of thioether (sulfide) groups is 1. The zero-order chi connectivity index (χ0) is 15.9. The highest BCUT2D eigenvalue weighted by atomic mass is 32.2. The Bertz CT molecular complexity index is 694. The quantitative estimate of drug-likeness (QED) is 0.344. The first kappa shape index (κ1) is 17.0. The summed E-state index contributed by atoms with van der Waals surface area (Å²) in [7, 11) is 0. The topological polar surface area (TPSA) is 72.0 Å². The van der Waals surface area contributed by atoms with E-state index >= 15 is 0 Å². The van der Waals surface area contributed by atoms with E-state index in [-0.39, 0.29) is 17.3 Å². The molecule has 0 radical (unpaired) electrons. The molecule has 2 rings (SSSR count). The Morgan fingerprint density at radius 3 is 3.00 bits per heavy atom. The fourth-order valence-electron chi connectivity index (χ4n) is 1.98. The van der Waals surface area contributed by atoms with Gasteiger partial charge in [-0.05, 0) is 19.4 Å². The molecule has 120 valence electrons. The van der Waals surface area contributed by atoms with Crippen LogP contribution in [-0.4, -0.2) is 28.3 Å². The summed E-state index contributed by atoms with van der Waals surface area (Å²) in [6.45, 7) is 4.54. The smallest absolute Gasteiger partial charge is 0.316 e. The molecule has 0 atom stereocenters. The predicted octanol–water partition coefficient (Wildman–Crippen LogP) is 3.51. The second-order valence-corrected chi connectivity index (χ2v) is 7.22. The maximum atomic E-state index is 11.9. The summed E-state index contributed by atoms with van der Waals surface area (Å²) in [6, 6.07) is 1.82. The van der Waals surface area contributed by atoms with Crippen molar-refractivity contribution < 1.29 is 9.53 Å². The molecule has 0 fully saturated rings. The molecule has 2 heterocycles. The number of thiophene rings is 1. The Balaban J connectivity index is 1.84. The van der Waals surface area contributed by atoms with Crippen LogP contribution in [0.1, 0.15) is 37.5 Å². The third-order valence-corrected chi connectivity index (χ3v) is 4.88. The second kappa shape index (κ2) is 8.33. The van der Waals surface area contributed by atoms with Gasteiger partial charge in [-0.25, -0.2) is 4.98 Å². The SMILES string of the molecule is CCCCCCOC(=O)CSc1nc2sc(C)cc2c(=O)[nH]1. The minimum absolute atomic E-state index is 0.159. The number of hydrogen-bond acceptors (Lipinski definition) is 6. The van der Waals surface area contributed by atoms with Crippen LogP contribution in [0.5, 0.6) is 0 Å². The molecule has 0 aromatic carbocycles. The lowest BCUT2D eigenvalue weighted by molar-refractivity contribution is -0.140. The molecule has 22 heavy (non-hydrogen) atoms. The van der Waals surface area contributed by atoms with Crippen LogP contribution in [0.2, 0.25) is 0 Å². The third kappa shape index (κ3) is 4.84. The number of carbonyl (C=O) groups excluding carboxylic acids is 1. The Kier molecular flexibility index (Phi) is 6.45. The van der Waals surface area contributed by atoms with Crippen LogP contribution in [0, 0.1) is 6.92 Å². The minimum atomic E-state index is -0.272. The lowest BCUT2D eigenvalue weighted by Gasteiger charge is -2.04. The van der Waals surface area contributed by atoms with E-state index in [0.29, 0.717) is 22.0 Å². The van der Waals surface area contributed by atoms with Gasteiger partial charge in [-0.15, -0.1) is 11.3 Å². The van der Waals surface area contributed by atoms with Crippen LogP contribution in [-0.2, 0) is 9.53 Å². The minimum Gasteiger partial charge on any atom is -0.465 e. The number of H-pyrrole nitrogens is 1. The summed E-state index contributed by atoms with van der Waals surface area (Å²) >= 11 is 2.68. The first-order chi connectivity index (χ1) is 10.6. The summed E-state index contributed by atoms with van der Waals surface area (Å²) in [4.78, 5) is 32.4. The van der Waals surface area contributed by atoms with Crippen molar-refractivity contribution in [3.05, 3.63) is 21.3 Å². The maximum absolute atomic E-state index is 11.9. The average molecular weight is 340 g/mol. The fourth-order valence-corrected chi connectivity index (χ4v) is 3.58. The van der Waals surface area contributed by atoms with Crippen LogP contribution in [0.25, 0.3) is 10.2 Å². The zero-order valence-corrected chi connectivity index (χ0v) is 14.4. The Morgan fingerprint density at radius 2 is 2.23 bits per heavy atom. The van der Waals surface area contributed by atoms with Crippen molar-refractivity contribution in [2.45, 2.75) is 44.7 Å². The van der Waals surface area contributed by atoms with E-state index in [0.717, 1.165) is 30.6 Å². The van der Waals surface area contributed by atoms with Gasteiger partial charge in [-0.2, -0.15) is 0 Å². The van der Waals surface area contributed by atoms with E-state index in [9.17, 15) is 9.59 Å². The Morgan fingerprint density at radius 1 is 1.41 bits per heavy atom. The third-order valence-electron chi connectivity index (χ3n) is 3.09. The Hall–Kier alpha value is -1.34. The number of aromatic amines is 1. The van der Waals surface area contributed by atoms with Gasteiger partial charge >= 0.3 is 5.97 Å². The largest absolute Gasteiger partial charge is 0.465 e. The highest BCUT2D eigenvalue weighted by Crippen LogP contribution is 2.22. The number of nitrogens with zero attached hydrogens (tertiary/aromatic N) is 1. The molecule has 2 aromatic rings. The van der Waals surface area contributed by atoms with E-state index < -0.39 is 0 Å². The number of rotatable bonds is 8. The molecule has 2 aromatic heterocycles. The van der Waals surface area contributed by atoms with E-state index in [1.54, 1.807) is 0 Å². The molecule has 0 amide bonds. The van der Waals surface area contributed by atoms with Gasteiger partial charge in [0.2, 0.25) is 0 Å². The summed E-state index contributed by atoms with van der Waals surface area (Å²) in [5.41, 5.74) is -0.162. The van der Waals surface area contributed by atoms with E-state index in [1.807, 2.05) is 13.0 Å². The molecular formula is C15H20N2O3S2. The van der Waals surface area contributed by atoms with Crippen LogP contribution < -0.4 is 5.56 Å². The number of aryl methyl sites for hydroxylation is 1. The summed E-state index contributed by atoms with van der Waals surface area (Å²) in [6.07, 6.45) is 4.31. The monoisotopic (exact) mass is 340 g/mol. The normalized spacial score (nSPS) is 11.0. The molecule has 0 spiro atoms. The fraction of sp³-hybridized carbons (Fsp3) is 0.533. The van der Waals surface area contributed by atoms with Crippen LogP contribution in [0.3, 0.4) is 0 Å². The standard InChI is InChI=1S/C15H20N2O3S2/c1-3-4-5-6-7-20-12(18)9-21-15-16-13(19)11-8-10(2)22-14(11)17-15/h8H,3-7,9H2,1-2H3,(H,16,17,19). The van der Waals surface area contributed by atoms with E-state index in [2.05, 4.69) is 16.9 Å². The molecule has 1 N–H and O–H groups in total. The maximum Gasteiger partial charge on any atom is 0.316 e. The van der Waals surface area contributed by atoms with Crippen molar-refractivity contribution in [2.24, 2.45) is 0 Å². The van der Waals surface area contributed by atoms with E-state index in [4.69, 9.17) is 4.74 Å².